The SMILES string of the molecule is CCc1cccc2c(C(=O)NCc3ccc(C)c(Cl)c3)cn(CCCN3CCCN(CCc4ccccc4)CC3)c12. The molecule has 0 atom stereocenters. The Morgan fingerprint density at radius 1 is 0.878 bits per heavy atom. The van der Waals surface area contributed by atoms with Gasteiger partial charge in [-0.05, 0) is 80.6 Å². The predicted molar refractivity (Wildman–Crippen MR) is 171 cm³/mol. The van der Waals surface area contributed by atoms with E-state index in [0.717, 1.165) is 85.6 Å². The maximum atomic E-state index is 13.4. The topological polar surface area (TPSA) is 40.5 Å². The second-order valence-electron chi connectivity index (χ2n) is 11.3. The molecule has 0 spiro atoms. The van der Waals surface area contributed by atoms with Crippen LogP contribution < -0.4 is 5.32 Å². The van der Waals surface area contributed by atoms with E-state index in [4.69, 9.17) is 11.6 Å². The van der Waals surface area contributed by atoms with Crippen LogP contribution in [-0.4, -0.2) is 59.5 Å². The molecule has 0 aliphatic carbocycles. The summed E-state index contributed by atoms with van der Waals surface area (Å²) in [6.07, 6.45) is 6.41. The zero-order valence-corrected chi connectivity index (χ0v) is 25.3. The summed E-state index contributed by atoms with van der Waals surface area (Å²) >= 11 is 6.30. The van der Waals surface area contributed by atoms with Crippen molar-refractivity contribution < 1.29 is 4.79 Å². The Morgan fingerprint density at radius 3 is 2.41 bits per heavy atom. The normalized spacial score (nSPS) is 14.8. The van der Waals surface area contributed by atoms with E-state index in [0.29, 0.717) is 6.54 Å². The Bertz CT molecular complexity index is 1450. The summed E-state index contributed by atoms with van der Waals surface area (Å²) in [7, 11) is 0. The van der Waals surface area contributed by atoms with Gasteiger partial charge in [0.25, 0.3) is 5.91 Å². The van der Waals surface area contributed by atoms with Crippen LogP contribution in [0.3, 0.4) is 0 Å². The summed E-state index contributed by atoms with van der Waals surface area (Å²) in [5.41, 5.74) is 6.70. The van der Waals surface area contributed by atoms with Gasteiger partial charge in [0.15, 0.2) is 0 Å². The smallest absolute Gasteiger partial charge is 0.253 e. The number of aryl methyl sites for hydroxylation is 3. The number of fused-ring (bicyclic) bond motifs is 1. The van der Waals surface area contributed by atoms with Gasteiger partial charge in [-0.25, -0.2) is 0 Å². The Hall–Kier alpha value is -3.12. The van der Waals surface area contributed by atoms with Gasteiger partial charge in [0.05, 0.1) is 11.1 Å². The molecule has 1 fully saturated rings. The van der Waals surface area contributed by atoms with Gasteiger partial charge in [-0.1, -0.05) is 79.2 Å². The third kappa shape index (κ3) is 7.59. The number of halogens is 1. The van der Waals surface area contributed by atoms with Crippen LogP contribution in [0.5, 0.6) is 0 Å². The average Bonchev–Trinajstić information content (AvgIpc) is 3.22. The molecular formula is C35H43ClN4O. The standard InChI is InChI=1S/C35H43ClN4O/c1-3-30-12-7-13-31-32(35(41)37-25-29-15-14-27(2)33(36)24-29)26-40(34(30)31)20-9-19-38-17-8-18-39(23-22-38)21-16-28-10-5-4-6-11-28/h4-7,10-15,24,26H,3,8-9,16-23,25H2,1-2H3,(H,37,41). The molecule has 1 aliphatic rings. The number of carbonyl (C=O) groups excluding carboxylic acids is 1. The summed E-state index contributed by atoms with van der Waals surface area (Å²) in [6.45, 7) is 12.3. The lowest BCUT2D eigenvalue weighted by Gasteiger charge is -2.22. The molecular weight excluding hydrogens is 528 g/mol. The monoisotopic (exact) mass is 570 g/mol. The number of amides is 1. The zero-order valence-electron chi connectivity index (χ0n) is 24.5. The van der Waals surface area contributed by atoms with E-state index in [1.165, 1.54) is 29.6 Å². The van der Waals surface area contributed by atoms with Crippen LogP contribution in [0.1, 0.15) is 52.4 Å². The molecule has 4 aromatic rings. The van der Waals surface area contributed by atoms with Gasteiger partial charge in [-0.15, -0.1) is 0 Å². The van der Waals surface area contributed by atoms with E-state index >= 15 is 0 Å². The van der Waals surface area contributed by atoms with Crippen molar-refractivity contribution in [2.24, 2.45) is 0 Å². The molecule has 1 amide bonds. The number of benzene rings is 3. The minimum absolute atomic E-state index is 0.0400. The van der Waals surface area contributed by atoms with Gasteiger partial charge in [0, 0.05) is 49.3 Å². The third-order valence-corrected chi connectivity index (χ3v) is 8.82. The van der Waals surface area contributed by atoms with Crippen molar-refractivity contribution in [3.8, 4) is 0 Å². The number of aromatic nitrogens is 1. The predicted octanol–water partition coefficient (Wildman–Crippen LogP) is 6.74. The molecule has 41 heavy (non-hydrogen) atoms. The molecule has 5 nitrogen and oxygen atoms in total. The number of para-hydroxylation sites is 1. The summed E-state index contributed by atoms with van der Waals surface area (Å²) in [6, 6.07) is 23.1. The highest BCUT2D eigenvalue weighted by atomic mass is 35.5. The molecule has 0 bridgehead atoms. The molecule has 0 unspecified atom stereocenters. The fourth-order valence-corrected chi connectivity index (χ4v) is 6.18. The number of hydrogen-bond acceptors (Lipinski definition) is 3. The van der Waals surface area contributed by atoms with E-state index in [2.05, 4.69) is 81.3 Å². The number of rotatable bonds is 11. The van der Waals surface area contributed by atoms with Crippen LogP contribution >= 0.6 is 11.6 Å². The number of hydrogen-bond donors (Lipinski definition) is 1. The molecule has 3 aromatic carbocycles. The van der Waals surface area contributed by atoms with E-state index in [1.54, 1.807) is 0 Å². The second-order valence-corrected chi connectivity index (χ2v) is 11.7. The van der Waals surface area contributed by atoms with Gasteiger partial charge in [-0.3, -0.25) is 4.79 Å². The van der Waals surface area contributed by atoms with E-state index in [-0.39, 0.29) is 5.91 Å². The highest BCUT2D eigenvalue weighted by molar-refractivity contribution is 6.31. The first-order chi connectivity index (χ1) is 20.0. The minimum atomic E-state index is -0.0400. The third-order valence-electron chi connectivity index (χ3n) is 8.41. The first kappa shape index (κ1) is 29.4. The van der Waals surface area contributed by atoms with Crippen molar-refractivity contribution >= 4 is 28.4 Å². The highest BCUT2D eigenvalue weighted by Crippen LogP contribution is 2.26. The summed E-state index contributed by atoms with van der Waals surface area (Å²) in [4.78, 5) is 18.6. The lowest BCUT2D eigenvalue weighted by Crippen LogP contribution is -2.32. The van der Waals surface area contributed by atoms with Crippen molar-refractivity contribution in [2.75, 3.05) is 39.3 Å². The molecule has 1 saturated heterocycles. The van der Waals surface area contributed by atoms with Crippen molar-refractivity contribution in [1.29, 1.82) is 0 Å². The largest absolute Gasteiger partial charge is 0.348 e. The molecule has 6 heteroatoms. The average molecular weight is 571 g/mol. The molecule has 1 aliphatic heterocycles. The molecule has 0 radical (unpaired) electrons. The van der Waals surface area contributed by atoms with Crippen LogP contribution in [0.15, 0.2) is 72.9 Å². The Balaban J connectivity index is 1.19. The molecule has 1 aromatic heterocycles. The Kier molecular flexibility index (Phi) is 10.2. The number of carbonyl (C=O) groups is 1. The van der Waals surface area contributed by atoms with Crippen molar-refractivity contribution in [1.82, 2.24) is 19.7 Å². The van der Waals surface area contributed by atoms with Crippen molar-refractivity contribution in [3.63, 3.8) is 0 Å². The van der Waals surface area contributed by atoms with Crippen LogP contribution in [0.4, 0.5) is 0 Å². The molecule has 5 rings (SSSR count). The molecule has 1 N–H and O–H groups in total. The second kappa shape index (κ2) is 14.2. The van der Waals surface area contributed by atoms with E-state index in [9.17, 15) is 4.79 Å². The van der Waals surface area contributed by atoms with Crippen molar-refractivity contribution in [2.45, 2.75) is 52.6 Å². The fourth-order valence-electron chi connectivity index (χ4n) is 5.97. The zero-order chi connectivity index (χ0) is 28.6. The quantitative estimate of drug-likeness (QED) is 0.217. The highest BCUT2D eigenvalue weighted by Gasteiger charge is 2.18. The van der Waals surface area contributed by atoms with Gasteiger partial charge >= 0.3 is 0 Å². The van der Waals surface area contributed by atoms with Gasteiger partial charge in [-0.2, -0.15) is 0 Å². The molecule has 0 saturated carbocycles. The maximum Gasteiger partial charge on any atom is 0.253 e. The number of nitrogens with one attached hydrogen (secondary N) is 1. The first-order valence-electron chi connectivity index (χ1n) is 15.1. The van der Waals surface area contributed by atoms with E-state index in [1.807, 2.05) is 25.1 Å². The molecule has 2 heterocycles. The van der Waals surface area contributed by atoms with Crippen LogP contribution in [0.2, 0.25) is 5.02 Å². The lowest BCUT2D eigenvalue weighted by molar-refractivity contribution is 0.0952. The Labute approximate surface area is 250 Å². The van der Waals surface area contributed by atoms with Gasteiger partial charge < -0.3 is 19.7 Å². The summed E-state index contributed by atoms with van der Waals surface area (Å²) in [5.74, 6) is -0.0400. The Morgan fingerprint density at radius 2 is 1.66 bits per heavy atom. The van der Waals surface area contributed by atoms with Crippen molar-refractivity contribution in [3.05, 3.63) is 106 Å². The van der Waals surface area contributed by atoms with Crippen LogP contribution in [-0.2, 0) is 25.9 Å². The summed E-state index contributed by atoms with van der Waals surface area (Å²) < 4.78 is 2.32. The van der Waals surface area contributed by atoms with Crippen LogP contribution in [0, 0.1) is 6.92 Å². The summed E-state index contributed by atoms with van der Waals surface area (Å²) in [5, 5.41) is 4.88. The first-order valence-corrected chi connectivity index (χ1v) is 15.5. The fraction of sp³-hybridized carbons (Fsp3) is 0.400. The number of nitrogens with zero attached hydrogens (tertiary/aromatic N) is 3. The van der Waals surface area contributed by atoms with Gasteiger partial charge in [0.2, 0.25) is 0 Å². The van der Waals surface area contributed by atoms with Gasteiger partial charge in [0.1, 0.15) is 0 Å². The maximum absolute atomic E-state index is 13.4. The minimum Gasteiger partial charge on any atom is -0.348 e. The molecule has 216 valence electrons. The lowest BCUT2D eigenvalue weighted by atomic mass is 10.1. The van der Waals surface area contributed by atoms with E-state index < -0.39 is 0 Å². The van der Waals surface area contributed by atoms with Crippen LogP contribution in [0.25, 0.3) is 10.9 Å².